The molecule has 1 saturated heterocycles. The number of aliphatic hydroxyl groups excluding tert-OH is 3. The maximum absolute atomic E-state index is 12.2. The van der Waals surface area contributed by atoms with E-state index in [1.807, 2.05) is 6.92 Å². The zero-order valence-electron chi connectivity index (χ0n) is 18.2. The summed E-state index contributed by atoms with van der Waals surface area (Å²) in [6.07, 6.45) is 0.286. The normalized spacial score (nSPS) is 33.1. The summed E-state index contributed by atoms with van der Waals surface area (Å²) in [7, 11) is 1.22. The van der Waals surface area contributed by atoms with Crippen LogP contribution < -0.4 is 0 Å². The Bertz CT molecular complexity index is 577. The number of unbranched alkanes of at least 4 members (excludes halogenated alkanes) is 1. The molecule has 0 aromatic carbocycles. The number of rotatable bonds is 9. The van der Waals surface area contributed by atoms with Crippen LogP contribution in [-0.2, 0) is 23.8 Å². The third kappa shape index (κ3) is 6.25. The number of hydrogen-bond acceptors (Lipinski definition) is 8. The fourth-order valence-electron chi connectivity index (χ4n) is 3.80. The van der Waals surface area contributed by atoms with Gasteiger partial charge in [0.15, 0.2) is 0 Å². The van der Waals surface area contributed by atoms with Crippen molar-refractivity contribution in [3.05, 3.63) is 12.2 Å². The fourth-order valence-corrected chi connectivity index (χ4v) is 3.80. The van der Waals surface area contributed by atoms with Gasteiger partial charge in [0.05, 0.1) is 37.4 Å². The van der Waals surface area contributed by atoms with Gasteiger partial charge in [-0.05, 0) is 33.3 Å². The number of esters is 2. The third-order valence-corrected chi connectivity index (χ3v) is 5.70. The minimum atomic E-state index is -1.44. The molecule has 8 heteroatoms. The van der Waals surface area contributed by atoms with E-state index in [9.17, 15) is 24.9 Å². The SMILES string of the molecule is CCCC[C@H](O)/C=C/C(=O)O[C@@H]1[C@@H](C)[C@H](O)[C@@](C)([C@@H](O)[C@@H](C)C(=O)OC)O[C@H]1C. The highest BCUT2D eigenvalue weighted by atomic mass is 16.6. The maximum atomic E-state index is 12.2. The molecule has 0 aliphatic carbocycles. The summed E-state index contributed by atoms with van der Waals surface area (Å²) in [4.78, 5) is 23.9. The van der Waals surface area contributed by atoms with E-state index in [0.29, 0.717) is 6.42 Å². The van der Waals surface area contributed by atoms with Crippen molar-refractivity contribution in [2.24, 2.45) is 11.8 Å². The van der Waals surface area contributed by atoms with E-state index in [4.69, 9.17) is 9.47 Å². The summed E-state index contributed by atoms with van der Waals surface area (Å²) in [6.45, 7) is 8.40. The van der Waals surface area contributed by atoms with Crippen LogP contribution in [0.25, 0.3) is 0 Å². The number of aliphatic hydroxyl groups is 3. The highest BCUT2D eigenvalue weighted by molar-refractivity contribution is 5.82. The van der Waals surface area contributed by atoms with Crippen LogP contribution in [0.5, 0.6) is 0 Å². The summed E-state index contributed by atoms with van der Waals surface area (Å²) < 4.78 is 16.0. The molecule has 0 bridgehead atoms. The molecule has 0 radical (unpaired) electrons. The van der Waals surface area contributed by atoms with E-state index < -0.39 is 59.9 Å². The summed E-state index contributed by atoms with van der Waals surface area (Å²) >= 11 is 0. The number of hydrogen-bond donors (Lipinski definition) is 3. The van der Waals surface area contributed by atoms with Gasteiger partial charge in [-0.25, -0.2) is 4.79 Å². The molecule has 0 aromatic rings. The molecule has 1 rings (SSSR count). The van der Waals surface area contributed by atoms with Crippen LogP contribution in [0.2, 0.25) is 0 Å². The Morgan fingerprint density at radius 1 is 1.28 bits per heavy atom. The first kappa shape index (κ1) is 25.6. The van der Waals surface area contributed by atoms with Crippen LogP contribution in [0.4, 0.5) is 0 Å². The van der Waals surface area contributed by atoms with Gasteiger partial charge in [-0.2, -0.15) is 0 Å². The van der Waals surface area contributed by atoms with E-state index in [0.717, 1.165) is 12.8 Å². The third-order valence-electron chi connectivity index (χ3n) is 5.70. The van der Waals surface area contributed by atoms with E-state index in [1.54, 1.807) is 13.8 Å². The largest absolute Gasteiger partial charge is 0.469 e. The molecule has 0 aromatic heterocycles. The molecule has 1 aliphatic heterocycles. The Morgan fingerprint density at radius 3 is 2.45 bits per heavy atom. The molecular weight excluding hydrogens is 380 g/mol. The lowest BCUT2D eigenvalue weighted by Gasteiger charge is -2.50. The predicted octanol–water partition coefficient (Wildman–Crippen LogP) is 1.35. The van der Waals surface area contributed by atoms with Gasteiger partial charge in [-0.15, -0.1) is 0 Å². The fraction of sp³-hybridized carbons (Fsp3) is 0.810. The molecule has 3 N–H and O–H groups in total. The van der Waals surface area contributed by atoms with Crippen LogP contribution in [-0.4, -0.2) is 70.5 Å². The molecule has 0 amide bonds. The Balaban J connectivity index is 2.83. The number of carbonyl (C=O) groups is 2. The molecule has 0 unspecified atom stereocenters. The van der Waals surface area contributed by atoms with Gasteiger partial charge in [0, 0.05) is 12.0 Å². The highest BCUT2D eigenvalue weighted by Crippen LogP contribution is 2.39. The van der Waals surface area contributed by atoms with E-state index in [2.05, 4.69) is 4.74 Å². The average molecular weight is 417 g/mol. The van der Waals surface area contributed by atoms with Crippen LogP contribution in [0.15, 0.2) is 12.2 Å². The molecule has 29 heavy (non-hydrogen) atoms. The van der Waals surface area contributed by atoms with Crippen LogP contribution >= 0.6 is 0 Å². The molecule has 0 spiro atoms. The van der Waals surface area contributed by atoms with Crippen molar-refractivity contribution in [2.75, 3.05) is 7.11 Å². The van der Waals surface area contributed by atoms with Crippen LogP contribution in [0.3, 0.4) is 0 Å². The lowest BCUT2D eigenvalue weighted by Crippen LogP contribution is -2.66. The lowest BCUT2D eigenvalue weighted by molar-refractivity contribution is -0.276. The first-order valence-electron chi connectivity index (χ1n) is 10.2. The first-order valence-corrected chi connectivity index (χ1v) is 10.2. The molecule has 8 nitrogen and oxygen atoms in total. The van der Waals surface area contributed by atoms with Gasteiger partial charge < -0.3 is 29.5 Å². The molecule has 0 saturated carbocycles. The predicted molar refractivity (Wildman–Crippen MR) is 106 cm³/mol. The quantitative estimate of drug-likeness (QED) is 0.380. The minimum Gasteiger partial charge on any atom is -0.469 e. The minimum absolute atomic E-state index is 0.562. The van der Waals surface area contributed by atoms with Gasteiger partial charge in [0.1, 0.15) is 11.7 Å². The van der Waals surface area contributed by atoms with E-state index >= 15 is 0 Å². The Kier molecular flexibility index (Phi) is 9.75. The van der Waals surface area contributed by atoms with Gasteiger partial charge in [0.25, 0.3) is 0 Å². The standard InChI is InChI=1S/C21H36O8/c1-7-8-9-15(22)10-11-16(23)28-17-12(2)18(24)21(5,29-14(17)4)19(25)13(3)20(26)27-6/h10-15,17-19,22,24-25H,7-9H2,1-6H3/b11-10+/t12-,13-,14+,15+,17-,18+,19+,21+/m1/s1. The van der Waals surface area contributed by atoms with E-state index in [-0.39, 0.29) is 0 Å². The average Bonchev–Trinajstić information content (AvgIpc) is 2.70. The van der Waals surface area contributed by atoms with Crippen molar-refractivity contribution in [1.29, 1.82) is 0 Å². The van der Waals surface area contributed by atoms with Crippen LogP contribution in [0.1, 0.15) is 53.9 Å². The van der Waals surface area contributed by atoms with Crippen LogP contribution in [0, 0.1) is 11.8 Å². The Hall–Kier alpha value is -1.48. The second-order valence-electron chi connectivity index (χ2n) is 8.04. The van der Waals surface area contributed by atoms with Gasteiger partial charge in [0.2, 0.25) is 0 Å². The van der Waals surface area contributed by atoms with Crippen molar-refractivity contribution in [3.63, 3.8) is 0 Å². The molecule has 1 aliphatic rings. The molecule has 1 fully saturated rings. The second kappa shape index (κ2) is 11.1. The highest BCUT2D eigenvalue weighted by Gasteiger charge is 2.55. The van der Waals surface area contributed by atoms with Crippen molar-refractivity contribution >= 4 is 11.9 Å². The van der Waals surface area contributed by atoms with Crippen molar-refractivity contribution in [1.82, 2.24) is 0 Å². The summed E-state index contributed by atoms with van der Waals surface area (Å²) in [5, 5.41) is 31.3. The summed E-state index contributed by atoms with van der Waals surface area (Å²) in [6, 6.07) is 0. The number of carbonyl (C=O) groups excluding carboxylic acids is 2. The first-order chi connectivity index (χ1) is 13.5. The monoisotopic (exact) mass is 416 g/mol. The smallest absolute Gasteiger partial charge is 0.330 e. The Labute approximate surface area is 172 Å². The Morgan fingerprint density at radius 2 is 1.90 bits per heavy atom. The zero-order chi connectivity index (χ0) is 22.4. The molecule has 8 atom stereocenters. The number of ether oxygens (including phenoxy) is 3. The number of methoxy groups -OCH3 is 1. The second-order valence-corrected chi connectivity index (χ2v) is 8.04. The summed E-state index contributed by atoms with van der Waals surface area (Å²) in [5.74, 6) is -2.74. The van der Waals surface area contributed by atoms with Crippen molar-refractivity contribution < 1.29 is 39.1 Å². The maximum Gasteiger partial charge on any atom is 0.330 e. The van der Waals surface area contributed by atoms with Crippen molar-refractivity contribution in [3.8, 4) is 0 Å². The summed E-state index contributed by atoms with van der Waals surface area (Å²) in [5.41, 5.74) is -1.44. The molecule has 168 valence electrons. The lowest BCUT2D eigenvalue weighted by atomic mass is 9.75. The molecule has 1 heterocycles. The van der Waals surface area contributed by atoms with Gasteiger partial charge in [-0.3, -0.25) is 4.79 Å². The van der Waals surface area contributed by atoms with Gasteiger partial charge in [-0.1, -0.05) is 26.7 Å². The topological polar surface area (TPSA) is 123 Å². The molecular formula is C21H36O8. The van der Waals surface area contributed by atoms with Gasteiger partial charge >= 0.3 is 11.9 Å². The zero-order valence-corrected chi connectivity index (χ0v) is 18.2. The van der Waals surface area contributed by atoms with E-state index in [1.165, 1.54) is 33.1 Å². The van der Waals surface area contributed by atoms with Crippen molar-refractivity contribution in [2.45, 2.75) is 90.0 Å².